The van der Waals surface area contributed by atoms with Crippen LogP contribution in [0.4, 0.5) is 0 Å². The molecular formula is C38H35NO7. The van der Waals surface area contributed by atoms with Gasteiger partial charge >= 0.3 is 11.9 Å². The van der Waals surface area contributed by atoms with E-state index in [9.17, 15) is 9.90 Å². The van der Waals surface area contributed by atoms with Gasteiger partial charge in [0.1, 0.15) is 11.5 Å². The number of carboxylic acid groups (broad SMARTS) is 1. The molecule has 0 amide bonds. The van der Waals surface area contributed by atoms with E-state index in [-0.39, 0.29) is 12.4 Å². The van der Waals surface area contributed by atoms with Crippen LogP contribution in [0.2, 0.25) is 0 Å². The minimum Gasteiger partial charge on any atom is -0.493 e. The van der Waals surface area contributed by atoms with Gasteiger partial charge in [-0.1, -0.05) is 84.9 Å². The number of carbonyl (C=O) groups is 1. The van der Waals surface area contributed by atoms with Crippen LogP contribution in [0.15, 0.2) is 126 Å². The topological polar surface area (TPSA) is 100 Å². The molecule has 1 aromatic heterocycles. The molecule has 5 aromatic rings. The number of aryl methyl sites for hydroxylation is 1. The van der Waals surface area contributed by atoms with Gasteiger partial charge in [-0.05, 0) is 60.4 Å². The summed E-state index contributed by atoms with van der Waals surface area (Å²) in [5, 5.41) is 10.0. The average Bonchev–Trinajstić information content (AvgIpc) is 3.68. The maximum Gasteiger partial charge on any atom is 0.348 e. The summed E-state index contributed by atoms with van der Waals surface area (Å²) in [6.07, 6.45) is 1.94. The Kier molecular flexibility index (Phi) is 9.06. The Balaban J connectivity index is 1.02. The minimum atomic E-state index is -1.57. The van der Waals surface area contributed by atoms with Crippen LogP contribution in [0.3, 0.4) is 0 Å². The normalized spacial score (nSPS) is 15.3. The van der Waals surface area contributed by atoms with Crippen LogP contribution in [-0.2, 0) is 38.3 Å². The first-order valence-electron chi connectivity index (χ1n) is 15.2. The number of nitrogens with zero attached hydrogens (tertiary/aromatic N) is 1. The predicted octanol–water partition coefficient (Wildman–Crippen LogP) is 7.76. The average molecular weight is 618 g/mol. The first kappa shape index (κ1) is 30.5. The second-order valence-electron chi connectivity index (χ2n) is 11.3. The molecule has 0 spiro atoms. The lowest BCUT2D eigenvalue weighted by molar-refractivity contribution is -0.168. The van der Waals surface area contributed by atoms with Crippen molar-refractivity contribution in [2.24, 2.45) is 0 Å². The highest BCUT2D eigenvalue weighted by Gasteiger charge is 2.39. The van der Waals surface area contributed by atoms with Gasteiger partial charge in [0.05, 0.1) is 12.3 Å². The molecule has 8 heteroatoms. The van der Waals surface area contributed by atoms with E-state index >= 15 is 0 Å². The van der Waals surface area contributed by atoms with Crippen LogP contribution in [0, 0.1) is 6.92 Å². The van der Waals surface area contributed by atoms with Crippen LogP contribution >= 0.6 is 0 Å². The summed E-state index contributed by atoms with van der Waals surface area (Å²) in [7, 11) is 0. The summed E-state index contributed by atoms with van der Waals surface area (Å²) in [6, 6.07) is 35.4. The fraction of sp³-hybridized carbons (Fsp3) is 0.211. The van der Waals surface area contributed by atoms with Crippen molar-refractivity contribution >= 4 is 5.97 Å². The van der Waals surface area contributed by atoms with Crippen LogP contribution < -0.4 is 4.74 Å². The Labute approximate surface area is 267 Å². The van der Waals surface area contributed by atoms with Crippen molar-refractivity contribution in [1.29, 1.82) is 0 Å². The summed E-state index contributed by atoms with van der Waals surface area (Å²) >= 11 is 0. The van der Waals surface area contributed by atoms with Crippen LogP contribution in [0.5, 0.6) is 5.75 Å². The lowest BCUT2D eigenvalue weighted by atomic mass is 9.96. The van der Waals surface area contributed by atoms with Gasteiger partial charge in [0, 0.05) is 24.8 Å². The largest absolute Gasteiger partial charge is 0.493 e. The van der Waals surface area contributed by atoms with E-state index < -0.39 is 17.9 Å². The van der Waals surface area contributed by atoms with Gasteiger partial charge in [-0.2, -0.15) is 0 Å². The molecule has 8 nitrogen and oxygen atoms in total. The van der Waals surface area contributed by atoms with Crippen molar-refractivity contribution in [1.82, 2.24) is 4.98 Å². The second-order valence-corrected chi connectivity index (χ2v) is 11.3. The summed E-state index contributed by atoms with van der Waals surface area (Å²) in [4.78, 5) is 17.0. The number of rotatable bonds is 13. The van der Waals surface area contributed by atoms with Crippen LogP contribution in [0.1, 0.15) is 29.5 Å². The van der Waals surface area contributed by atoms with Crippen molar-refractivity contribution in [2.45, 2.75) is 45.0 Å². The van der Waals surface area contributed by atoms with Gasteiger partial charge in [-0.3, -0.25) is 0 Å². The molecule has 1 aliphatic rings. The molecule has 1 N–H and O–H groups in total. The standard InChI is InChI=1S/C38H35NO7/c1-26-33(39-36(44-26)31-15-9-14-30(23-31)29-12-7-4-8-13-29)20-21-42-32-18-16-28(17-19-32)24-38(2,37(40)41)46-35-25-43-34(45-35)22-27-10-5-3-6-11-27/h3-19,23,25,34H,20-22,24H2,1-2H3,(H,40,41). The quantitative estimate of drug-likeness (QED) is 0.143. The Morgan fingerprint density at radius 1 is 0.870 bits per heavy atom. The van der Waals surface area contributed by atoms with E-state index in [1.165, 1.54) is 13.2 Å². The zero-order chi connectivity index (χ0) is 31.9. The van der Waals surface area contributed by atoms with Gasteiger partial charge in [0.2, 0.25) is 17.8 Å². The highest BCUT2D eigenvalue weighted by Crippen LogP contribution is 2.29. The third-order valence-corrected chi connectivity index (χ3v) is 7.77. The second kappa shape index (κ2) is 13.6. The molecule has 2 heterocycles. The van der Waals surface area contributed by atoms with E-state index in [4.69, 9.17) is 28.3 Å². The third kappa shape index (κ3) is 7.41. The molecule has 0 aliphatic carbocycles. The number of oxazole rings is 1. The molecule has 0 fully saturated rings. The van der Waals surface area contributed by atoms with E-state index in [0.717, 1.165) is 39.3 Å². The highest BCUT2D eigenvalue weighted by molar-refractivity contribution is 5.77. The van der Waals surface area contributed by atoms with E-state index in [1.54, 1.807) is 0 Å². The molecule has 0 bridgehead atoms. The maximum absolute atomic E-state index is 12.2. The fourth-order valence-electron chi connectivity index (χ4n) is 5.24. The number of benzene rings is 4. The first-order valence-corrected chi connectivity index (χ1v) is 15.2. The summed E-state index contributed by atoms with van der Waals surface area (Å²) in [5.41, 5.74) is 4.23. The molecule has 0 saturated heterocycles. The zero-order valence-corrected chi connectivity index (χ0v) is 25.7. The summed E-state index contributed by atoms with van der Waals surface area (Å²) in [6.45, 7) is 3.83. The number of aliphatic carboxylic acids is 1. The summed E-state index contributed by atoms with van der Waals surface area (Å²) in [5.74, 6) is 0.928. The Morgan fingerprint density at radius 2 is 1.57 bits per heavy atom. The molecule has 0 saturated carbocycles. The van der Waals surface area contributed by atoms with Gasteiger partial charge < -0.3 is 28.5 Å². The van der Waals surface area contributed by atoms with Crippen molar-refractivity contribution < 1.29 is 33.3 Å². The summed E-state index contributed by atoms with van der Waals surface area (Å²) < 4.78 is 29.1. The van der Waals surface area contributed by atoms with Gasteiger partial charge in [-0.15, -0.1) is 0 Å². The van der Waals surface area contributed by atoms with Crippen molar-refractivity contribution in [3.8, 4) is 28.3 Å². The lowest BCUT2D eigenvalue weighted by Crippen LogP contribution is -2.40. The van der Waals surface area contributed by atoms with Gasteiger partial charge in [0.15, 0.2) is 6.26 Å². The molecule has 2 atom stereocenters. The third-order valence-electron chi connectivity index (χ3n) is 7.77. The molecule has 234 valence electrons. The molecule has 2 unspecified atom stereocenters. The van der Waals surface area contributed by atoms with E-state index in [1.807, 2.05) is 91.9 Å². The number of ether oxygens (including phenoxy) is 4. The van der Waals surface area contributed by atoms with Gasteiger partial charge in [-0.25, -0.2) is 9.78 Å². The maximum atomic E-state index is 12.2. The molecular weight excluding hydrogens is 582 g/mol. The van der Waals surface area contributed by atoms with Crippen molar-refractivity contribution in [3.63, 3.8) is 0 Å². The Bertz CT molecular complexity index is 1800. The minimum absolute atomic E-state index is 0.0426. The molecule has 0 radical (unpaired) electrons. The first-order chi connectivity index (χ1) is 22.3. The molecule has 6 rings (SSSR count). The molecule has 1 aliphatic heterocycles. The number of aromatic nitrogens is 1. The molecule has 46 heavy (non-hydrogen) atoms. The van der Waals surface area contributed by atoms with Gasteiger partial charge in [0.25, 0.3) is 0 Å². The highest BCUT2D eigenvalue weighted by atomic mass is 16.8. The van der Waals surface area contributed by atoms with Crippen LogP contribution in [0.25, 0.3) is 22.6 Å². The Hall–Kier alpha value is -5.50. The van der Waals surface area contributed by atoms with E-state index in [0.29, 0.717) is 31.1 Å². The van der Waals surface area contributed by atoms with Crippen molar-refractivity contribution in [2.75, 3.05) is 6.61 Å². The lowest BCUT2D eigenvalue weighted by Gasteiger charge is -2.26. The zero-order valence-electron chi connectivity index (χ0n) is 25.7. The Morgan fingerprint density at radius 3 is 2.30 bits per heavy atom. The smallest absolute Gasteiger partial charge is 0.348 e. The van der Waals surface area contributed by atoms with Crippen molar-refractivity contribution in [3.05, 3.63) is 144 Å². The number of hydrogen-bond donors (Lipinski definition) is 1. The molecule has 4 aromatic carbocycles. The fourth-order valence-corrected chi connectivity index (χ4v) is 5.24. The van der Waals surface area contributed by atoms with Crippen LogP contribution in [-0.4, -0.2) is 34.6 Å². The van der Waals surface area contributed by atoms with E-state index in [2.05, 4.69) is 24.3 Å². The SMILES string of the molecule is Cc1oc(-c2cccc(-c3ccccc3)c2)nc1CCOc1ccc(CC(C)(OC2=COC(Cc3ccccc3)O2)C(=O)O)cc1. The monoisotopic (exact) mass is 617 g/mol. The number of carboxylic acids is 1. The number of hydrogen-bond acceptors (Lipinski definition) is 7. The predicted molar refractivity (Wildman–Crippen MR) is 173 cm³/mol.